The molecule has 0 spiro atoms. The molecule has 26 nitrogen and oxygen atoms in total. The van der Waals surface area contributed by atoms with Gasteiger partial charge in [-0.25, -0.2) is 9.97 Å². The maximum absolute atomic E-state index is 11.7. The number of thiocarbonyl (C=S) groups is 2. The Kier molecular flexibility index (Phi) is 68.0. The van der Waals surface area contributed by atoms with Crippen molar-refractivity contribution >= 4 is 173 Å². The molecule has 2 aromatic heterocycles. The van der Waals surface area contributed by atoms with E-state index in [1.54, 1.807) is 97.8 Å². The van der Waals surface area contributed by atoms with Gasteiger partial charge in [0, 0.05) is 140 Å². The van der Waals surface area contributed by atoms with Crippen LogP contribution in [0.25, 0.3) is 0 Å². The number of carbonyl (C=O) groups is 4. The van der Waals surface area contributed by atoms with E-state index in [9.17, 15) is 29.4 Å². The minimum absolute atomic E-state index is 0. The number of imidazole rings is 2. The summed E-state index contributed by atoms with van der Waals surface area (Å²) in [4.78, 5) is 74.1. The molecule has 4 unspecified atom stereocenters. The van der Waals surface area contributed by atoms with Crippen molar-refractivity contribution in [2.45, 2.75) is 370 Å². The number of halogens is 1. The van der Waals surface area contributed by atoms with Crippen molar-refractivity contribution in [3.05, 3.63) is 132 Å². The number of aliphatic hydroxyl groups excluding tert-OH is 3. The Hall–Kier alpha value is -5.96. The number of carboxylic acid groups (broad SMARTS) is 1. The fourth-order valence-electron chi connectivity index (χ4n) is 18.9. The van der Waals surface area contributed by atoms with Gasteiger partial charge in [-0.05, 0) is 260 Å². The molecule has 4 saturated carbocycles. The number of rotatable bonds is 34. The van der Waals surface area contributed by atoms with Crippen molar-refractivity contribution in [3.8, 4) is 0 Å². The molecular formula is C111H184IN16NaO10S5. The molecule has 0 bridgehead atoms. The summed E-state index contributed by atoms with van der Waals surface area (Å²) in [6.07, 6.45) is 40.6. The van der Waals surface area contributed by atoms with Crippen molar-refractivity contribution in [2.75, 3.05) is 117 Å². The number of hydrogen-bond acceptors (Lipinski definition) is 25. The molecule has 13 N–H and O–H groups in total. The summed E-state index contributed by atoms with van der Waals surface area (Å²) >= 11 is 16.2. The molecule has 5 heterocycles. The van der Waals surface area contributed by atoms with E-state index in [1.807, 2.05) is 36.4 Å². The smallest absolute Gasteiger partial charge is 0.870 e. The monoisotopic (exact) mass is 2210 g/mol. The van der Waals surface area contributed by atoms with Crippen molar-refractivity contribution in [2.24, 2.45) is 39.4 Å². The Morgan fingerprint density at radius 1 is 0.500 bits per heavy atom. The van der Waals surface area contributed by atoms with E-state index >= 15 is 0 Å². The number of ether oxygens (including phenoxy) is 1. The van der Waals surface area contributed by atoms with Crippen LogP contribution in [0, 0.1) is 23.7 Å². The van der Waals surface area contributed by atoms with E-state index in [-0.39, 0.29) is 121 Å². The summed E-state index contributed by atoms with van der Waals surface area (Å²) in [6.45, 7) is 45.8. The molecule has 7 aliphatic rings. The topological polar surface area (TPSA) is 362 Å². The largest absolute Gasteiger partial charge is 1.00 e. The maximum atomic E-state index is 11.7. The second kappa shape index (κ2) is 74.1. The Labute approximate surface area is 930 Å². The molecule has 6 aromatic rings. The third-order valence-electron chi connectivity index (χ3n) is 25.7. The van der Waals surface area contributed by atoms with E-state index in [0.29, 0.717) is 94.3 Å². The number of alkyl halides is 1. The number of aliphatic carboxylic acids is 1. The fraction of sp³-hybridized carbons (Fsp3) is 0.658. The number of aliphatic hydroxyl groups is 3. The summed E-state index contributed by atoms with van der Waals surface area (Å²) in [6, 6.07) is 29.1. The molecule has 806 valence electrons. The van der Waals surface area contributed by atoms with Gasteiger partial charge in [-0.15, -0.1) is 0 Å². The summed E-state index contributed by atoms with van der Waals surface area (Å²) < 4.78 is 14.6. The van der Waals surface area contributed by atoms with E-state index in [0.717, 1.165) is 102 Å². The maximum Gasteiger partial charge on any atom is 1.00 e. The van der Waals surface area contributed by atoms with Crippen molar-refractivity contribution < 1.29 is 80.7 Å². The summed E-state index contributed by atoms with van der Waals surface area (Å²) in [5.74, 6) is 4.88. The zero-order chi connectivity index (χ0) is 105. The van der Waals surface area contributed by atoms with Gasteiger partial charge in [-0.1, -0.05) is 231 Å². The van der Waals surface area contributed by atoms with Crippen LogP contribution in [-0.2, 0) is 23.9 Å². The molecule has 5 fully saturated rings. The van der Waals surface area contributed by atoms with Gasteiger partial charge >= 0.3 is 35.5 Å². The first-order valence-electron chi connectivity index (χ1n) is 53.0. The van der Waals surface area contributed by atoms with Crippen LogP contribution >= 0.6 is 84.0 Å². The molecule has 0 radical (unpaired) electrons. The zero-order valence-electron chi connectivity index (χ0n) is 92.2. The Morgan fingerprint density at radius 2 is 0.799 bits per heavy atom. The average molecular weight is 2210 g/mol. The minimum Gasteiger partial charge on any atom is -0.870 e. The van der Waals surface area contributed by atoms with Crippen molar-refractivity contribution in [1.82, 2.24) is 24.4 Å². The molecule has 13 rings (SSSR count). The van der Waals surface area contributed by atoms with Gasteiger partial charge in [-0.2, -0.15) is 13.5 Å². The molecule has 3 aliphatic heterocycles. The van der Waals surface area contributed by atoms with Gasteiger partial charge in [0.2, 0.25) is 0 Å². The number of nitrogens with zero attached hydrogens (tertiary/aromatic N) is 10. The number of amidine groups is 2. The number of carboxylic acids is 1. The van der Waals surface area contributed by atoms with E-state index < -0.39 is 5.97 Å². The van der Waals surface area contributed by atoms with Gasteiger partial charge < -0.3 is 97.4 Å². The van der Waals surface area contributed by atoms with Crippen LogP contribution in [0.5, 0.6) is 0 Å². The number of Topliss-reactive ketones (excluding diaryl/α,β-unsaturated/α-hetero) is 3. The van der Waals surface area contributed by atoms with Crippen LogP contribution in [0.4, 0.5) is 45.5 Å². The molecular weight excluding hydrogens is 2030 g/mol. The minimum atomic E-state index is -0.755. The van der Waals surface area contributed by atoms with Gasteiger partial charge in [0.1, 0.15) is 30.0 Å². The van der Waals surface area contributed by atoms with Crippen molar-refractivity contribution in [3.63, 3.8) is 0 Å². The Morgan fingerprint density at radius 3 is 1.06 bits per heavy atom. The number of ketones is 3. The number of hydrogen-bond donors (Lipinski definition) is 10. The van der Waals surface area contributed by atoms with Gasteiger partial charge in [-0.3, -0.25) is 23.9 Å². The van der Waals surface area contributed by atoms with Crippen LogP contribution < -0.4 is 81.9 Å². The third kappa shape index (κ3) is 49.9. The summed E-state index contributed by atoms with van der Waals surface area (Å²) in [5, 5.41) is 50.6. The molecule has 1 saturated heterocycles. The zero-order valence-corrected chi connectivity index (χ0v) is 99.6. The number of nitrogens with one attached hydrogen (secondary N) is 4. The standard InChI is InChI=1S/C25H41N3O2S.C25H39N3OS.C24H37N3O2S.C21H34N2O.C7H6N4S.C4H8O.C3H9NO.CH3I.CH4O.Na.H2O.H2S/c1-17(2)15-28(22-9-7-6-8-10-22)24-12-11-21(18(3)13-20(5)30)14-23(24)27-25(31)26-19(4)16-29;1-17(2)15-28(22-9-7-6-8-10-22)24-12-11-21(18(3)13-20(5)29)14-23(24)27-25-26-19(4)16-30-25;1-16(2)14-27(20-8-6-5-7-9-20)22-11-10-19(17(3)12-23(28)29)13-21(22)26-24-25-18(4)15-30-24;1-15(2)14-23(19-8-6-5-7-9-19)21-11-10-18(13-20(21)22)16(3)12-17(4)24;12-7(10-3-1-8-5-10)11-4-2-9-6-11;1-2-4-5-3-1;1-3(4)2-5;2*1-2;;;/h11-12,14,17-19,22,29H,6-10,13,15-16H2,1-5H3,(H2,26,27,31);11-12,14,17-19,22H,6-10,13,15-16H2,1-5H3,(H,26,27);10-11,13,16-18,20H,5-9,12,14-15H2,1-4H3,(H,25,26)(H,28,29);10-11,13,15-16,19H,5-9,12,14,22H2,1-4H3;1-6H;1-4H2;3,5H,2,4H2,1H3;1H3;2H,1H3;;2*1H2/q;;;;;;;;;+1;;/p-1/t2*18?,19-;17?,18-;;;;3-;;;;;/m000...0...../s1/i;;;;;;;1D;;;;. The molecule has 4 aliphatic carbocycles. The average Bonchev–Trinajstić information content (AvgIpc) is 1.70. The summed E-state index contributed by atoms with van der Waals surface area (Å²) in [7, 11) is 1.00. The molecule has 33 heteroatoms. The van der Waals surface area contributed by atoms with E-state index in [1.165, 1.54) is 175 Å². The third-order valence-corrected chi connectivity index (χ3v) is 28.6. The predicted molar refractivity (Wildman–Crippen MR) is 629 cm³/mol. The van der Waals surface area contributed by atoms with E-state index in [2.05, 4.69) is 214 Å². The van der Waals surface area contributed by atoms with Crippen LogP contribution in [0.3, 0.4) is 0 Å². The first-order chi connectivity index (χ1) is 67.8. The number of aromatic nitrogens is 4. The number of thioether (sulfide) groups is 2. The Bertz CT molecular complexity index is 4500. The van der Waals surface area contributed by atoms with Crippen LogP contribution in [0.2, 0.25) is 0 Å². The molecule has 8 atom stereocenters. The second-order valence-corrected chi connectivity index (χ2v) is 44.0. The van der Waals surface area contributed by atoms with Crippen molar-refractivity contribution in [1.29, 1.82) is 0 Å². The molecule has 4 aromatic carbocycles. The normalized spacial score (nSPS) is 17.5. The number of nitrogen functional groups attached to an aromatic ring is 1. The fourth-order valence-corrected chi connectivity index (χ4v) is 21.2. The van der Waals surface area contributed by atoms with Gasteiger partial charge in [0.25, 0.3) is 0 Å². The number of benzene rings is 4. The first-order valence-corrected chi connectivity index (χ1v) is 56.6. The number of carbonyl (C=O) groups excluding carboxylic acids is 3. The number of anilines is 8. The van der Waals surface area contributed by atoms with Gasteiger partial charge in [0.05, 0.1) is 77.2 Å². The predicted octanol–water partition coefficient (Wildman–Crippen LogP) is 21.3. The second-order valence-electron chi connectivity index (χ2n) is 41.2. The molecule has 144 heavy (non-hydrogen) atoms. The van der Waals surface area contributed by atoms with Gasteiger partial charge in [0.15, 0.2) is 20.6 Å². The first kappa shape index (κ1) is 132. The van der Waals surface area contributed by atoms with E-state index in [4.69, 9.17) is 62.2 Å². The number of aliphatic imine (C=N–C) groups is 2. The SMILES string of the molecule is C1CCOC1.CC(=O)CC(C)c1ccc(N(CC(C)C)C2CCCCC2)c(N)c1.CC(=O)CC(C)c1ccc(N(CC(C)C)C2CCCCC2)c(NC(=S)N[C@@H](C)CO)c1.CC(=O)CC(C)c1ccc(N(CC(C)C)C2CCCCC2)c(NC2=N[C@@H](C)CS2)c1.CC(C)CN(c1ccc(C(C)CC(=O)O)cc1NC1=N[C@@H](C)CS1)C1CCCCC1.CO.C[C@H](N)CO.S.S=C(n1ccnc1)n1ccnc1.[2H]CI.[Na+].[OH-]. The molecule has 0 amide bonds. The Balaban J connectivity index is 0.000000597. The summed E-state index contributed by atoms with van der Waals surface area (Å²) in [5.41, 5.74) is 25.0. The number of nitrogens with two attached hydrogens (primary N) is 2. The quantitative estimate of drug-likeness (QED) is 0.00590. The van der Waals surface area contributed by atoms with Crippen LogP contribution in [0.1, 0.15) is 346 Å². The van der Waals surface area contributed by atoms with Crippen LogP contribution in [0.15, 0.2) is 120 Å². The van der Waals surface area contributed by atoms with Crippen LogP contribution in [-0.4, -0.2) is 213 Å².